The number of amides is 1. The molecular weight excluding hydrogens is 314 g/mol. The molecule has 25 heavy (non-hydrogen) atoms. The van der Waals surface area contributed by atoms with Crippen LogP contribution in [0.1, 0.15) is 28.9 Å². The Balaban J connectivity index is 1.61. The Bertz CT molecular complexity index is 863. The van der Waals surface area contributed by atoms with Crippen LogP contribution in [0.4, 0.5) is 0 Å². The van der Waals surface area contributed by atoms with Gasteiger partial charge < -0.3 is 5.32 Å². The number of nitrogens with one attached hydrogen (secondary N) is 1. The van der Waals surface area contributed by atoms with E-state index in [-0.39, 0.29) is 5.91 Å². The lowest BCUT2D eigenvalue weighted by atomic mass is 10.1. The van der Waals surface area contributed by atoms with E-state index in [4.69, 9.17) is 0 Å². The number of aromatic nitrogens is 4. The molecular formula is C19H23N5O. The molecule has 3 aromatic rings. The predicted octanol–water partition coefficient (Wildman–Crippen LogP) is 2.47. The zero-order valence-electron chi connectivity index (χ0n) is 14.9. The SMILES string of the molecule is Cc1nn(-c2ccccc2)c(C)c1CNC(=O)CCc1cnn(C)c1. The summed E-state index contributed by atoms with van der Waals surface area (Å²) in [5.41, 5.74) is 5.16. The number of benzene rings is 1. The summed E-state index contributed by atoms with van der Waals surface area (Å²) in [7, 11) is 1.87. The first-order valence-electron chi connectivity index (χ1n) is 8.39. The molecule has 0 spiro atoms. The van der Waals surface area contributed by atoms with Gasteiger partial charge in [-0.25, -0.2) is 4.68 Å². The molecule has 0 aliphatic carbocycles. The number of aryl methyl sites for hydroxylation is 3. The Morgan fingerprint density at radius 2 is 1.96 bits per heavy atom. The zero-order valence-corrected chi connectivity index (χ0v) is 14.9. The summed E-state index contributed by atoms with van der Waals surface area (Å²) in [5.74, 6) is 0.0371. The highest BCUT2D eigenvalue weighted by Gasteiger charge is 2.13. The van der Waals surface area contributed by atoms with Gasteiger partial charge in [-0.2, -0.15) is 10.2 Å². The van der Waals surface area contributed by atoms with E-state index in [1.807, 2.05) is 62.1 Å². The first-order chi connectivity index (χ1) is 12.0. The molecule has 0 aliphatic heterocycles. The molecule has 0 saturated carbocycles. The molecule has 0 saturated heterocycles. The summed E-state index contributed by atoms with van der Waals surface area (Å²) in [6.45, 7) is 4.50. The fourth-order valence-electron chi connectivity index (χ4n) is 2.89. The smallest absolute Gasteiger partial charge is 0.220 e. The number of carbonyl (C=O) groups excluding carboxylic acids is 1. The summed E-state index contributed by atoms with van der Waals surface area (Å²) in [6.07, 6.45) is 4.88. The van der Waals surface area contributed by atoms with Gasteiger partial charge in [0.1, 0.15) is 0 Å². The Hall–Kier alpha value is -2.89. The Morgan fingerprint density at radius 1 is 1.20 bits per heavy atom. The first-order valence-corrected chi connectivity index (χ1v) is 8.39. The van der Waals surface area contributed by atoms with Crippen LogP contribution in [0.25, 0.3) is 5.69 Å². The van der Waals surface area contributed by atoms with Crippen LogP contribution in [0.5, 0.6) is 0 Å². The third-order valence-corrected chi connectivity index (χ3v) is 4.30. The van der Waals surface area contributed by atoms with Gasteiger partial charge in [-0.3, -0.25) is 9.48 Å². The highest BCUT2D eigenvalue weighted by atomic mass is 16.1. The lowest BCUT2D eigenvalue weighted by Crippen LogP contribution is -2.23. The van der Waals surface area contributed by atoms with Crippen LogP contribution in [0.3, 0.4) is 0 Å². The molecule has 0 atom stereocenters. The van der Waals surface area contributed by atoms with Crippen molar-refractivity contribution in [1.29, 1.82) is 0 Å². The number of rotatable bonds is 6. The van der Waals surface area contributed by atoms with Crippen LogP contribution < -0.4 is 5.32 Å². The van der Waals surface area contributed by atoms with E-state index in [9.17, 15) is 4.79 Å². The Labute approximate surface area is 147 Å². The van der Waals surface area contributed by atoms with E-state index in [0.29, 0.717) is 19.4 Å². The average Bonchev–Trinajstić information content (AvgIpc) is 3.15. The molecule has 1 N–H and O–H groups in total. The van der Waals surface area contributed by atoms with E-state index in [1.54, 1.807) is 10.9 Å². The third kappa shape index (κ3) is 3.96. The summed E-state index contributed by atoms with van der Waals surface area (Å²) >= 11 is 0. The van der Waals surface area contributed by atoms with Gasteiger partial charge in [-0.1, -0.05) is 18.2 Å². The van der Waals surface area contributed by atoms with E-state index < -0.39 is 0 Å². The molecule has 130 valence electrons. The second-order valence-corrected chi connectivity index (χ2v) is 6.20. The highest BCUT2D eigenvalue weighted by Crippen LogP contribution is 2.17. The van der Waals surface area contributed by atoms with Gasteiger partial charge in [0.15, 0.2) is 0 Å². The summed E-state index contributed by atoms with van der Waals surface area (Å²) in [6, 6.07) is 10.0. The lowest BCUT2D eigenvalue weighted by molar-refractivity contribution is -0.121. The molecule has 6 heteroatoms. The summed E-state index contributed by atoms with van der Waals surface area (Å²) < 4.78 is 3.67. The number of carbonyl (C=O) groups is 1. The number of hydrogen-bond donors (Lipinski definition) is 1. The van der Waals surface area contributed by atoms with E-state index in [0.717, 1.165) is 28.2 Å². The minimum Gasteiger partial charge on any atom is -0.352 e. The second kappa shape index (κ2) is 7.34. The van der Waals surface area contributed by atoms with E-state index in [2.05, 4.69) is 15.5 Å². The second-order valence-electron chi connectivity index (χ2n) is 6.20. The topological polar surface area (TPSA) is 64.7 Å². The quantitative estimate of drug-likeness (QED) is 0.751. The number of hydrogen-bond acceptors (Lipinski definition) is 3. The van der Waals surface area contributed by atoms with Gasteiger partial charge >= 0.3 is 0 Å². The molecule has 2 aromatic heterocycles. The maximum atomic E-state index is 12.1. The van der Waals surface area contributed by atoms with Gasteiger partial charge in [0.25, 0.3) is 0 Å². The van der Waals surface area contributed by atoms with Crippen molar-refractivity contribution in [3.05, 3.63) is 65.2 Å². The third-order valence-electron chi connectivity index (χ3n) is 4.30. The van der Waals surface area contributed by atoms with Crippen molar-refractivity contribution in [2.45, 2.75) is 33.2 Å². The van der Waals surface area contributed by atoms with Gasteiger partial charge in [-0.05, 0) is 38.0 Å². The monoisotopic (exact) mass is 337 g/mol. The molecule has 0 unspecified atom stereocenters. The van der Waals surface area contributed by atoms with Crippen molar-refractivity contribution in [2.75, 3.05) is 0 Å². The molecule has 0 fully saturated rings. The number of nitrogens with zero attached hydrogens (tertiary/aromatic N) is 4. The van der Waals surface area contributed by atoms with Crippen LogP contribution in [-0.4, -0.2) is 25.5 Å². The Morgan fingerprint density at radius 3 is 2.64 bits per heavy atom. The van der Waals surface area contributed by atoms with Crippen molar-refractivity contribution >= 4 is 5.91 Å². The maximum Gasteiger partial charge on any atom is 0.220 e. The predicted molar refractivity (Wildman–Crippen MR) is 96.4 cm³/mol. The van der Waals surface area contributed by atoms with Crippen LogP contribution >= 0.6 is 0 Å². The van der Waals surface area contributed by atoms with Crippen molar-refractivity contribution in [3.8, 4) is 5.69 Å². The zero-order chi connectivity index (χ0) is 17.8. The molecule has 1 aromatic carbocycles. The van der Waals surface area contributed by atoms with Crippen LogP contribution in [0.15, 0.2) is 42.7 Å². The Kier molecular flexibility index (Phi) is 4.97. The van der Waals surface area contributed by atoms with Crippen molar-refractivity contribution in [3.63, 3.8) is 0 Å². The fraction of sp³-hybridized carbons (Fsp3) is 0.316. The van der Waals surface area contributed by atoms with Gasteiger partial charge in [0.05, 0.1) is 17.6 Å². The maximum absolute atomic E-state index is 12.1. The number of para-hydroxylation sites is 1. The van der Waals surface area contributed by atoms with Crippen molar-refractivity contribution in [2.24, 2.45) is 7.05 Å². The highest BCUT2D eigenvalue weighted by molar-refractivity contribution is 5.76. The molecule has 0 radical (unpaired) electrons. The van der Waals surface area contributed by atoms with Crippen molar-refractivity contribution < 1.29 is 4.79 Å². The molecule has 3 rings (SSSR count). The van der Waals surface area contributed by atoms with Crippen LogP contribution in [0, 0.1) is 13.8 Å². The fourth-order valence-corrected chi connectivity index (χ4v) is 2.89. The van der Waals surface area contributed by atoms with E-state index >= 15 is 0 Å². The molecule has 2 heterocycles. The van der Waals surface area contributed by atoms with E-state index in [1.165, 1.54) is 0 Å². The molecule has 1 amide bonds. The van der Waals surface area contributed by atoms with Gasteiger partial charge in [0, 0.05) is 37.5 Å². The average molecular weight is 337 g/mol. The standard InChI is InChI=1S/C19H23N5O/c1-14-18(15(2)24(22-14)17-7-5-4-6-8-17)12-20-19(25)10-9-16-11-21-23(3)13-16/h4-8,11,13H,9-10,12H2,1-3H3,(H,20,25). The molecule has 0 bridgehead atoms. The normalized spacial score (nSPS) is 10.8. The van der Waals surface area contributed by atoms with Gasteiger partial charge in [0.2, 0.25) is 5.91 Å². The molecule has 0 aliphatic rings. The molecule has 6 nitrogen and oxygen atoms in total. The largest absolute Gasteiger partial charge is 0.352 e. The lowest BCUT2D eigenvalue weighted by Gasteiger charge is -2.07. The minimum absolute atomic E-state index is 0.0371. The first kappa shape index (κ1) is 17.0. The summed E-state index contributed by atoms with van der Waals surface area (Å²) in [5, 5.41) is 11.7. The summed E-state index contributed by atoms with van der Waals surface area (Å²) in [4.78, 5) is 12.1. The van der Waals surface area contributed by atoms with Crippen LogP contribution in [-0.2, 0) is 24.8 Å². The van der Waals surface area contributed by atoms with Crippen LogP contribution in [0.2, 0.25) is 0 Å². The minimum atomic E-state index is 0.0371. The van der Waals surface area contributed by atoms with Crippen molar-refractivity contribution in [1.82, 2.24) is 24.9 Å². The van der Waals surface area contributed by atoms with Gasteiger partial charge in [-0.15, -0.1) is 0 Å².